The van der Waals surface area contributed by atoms with E-state index in [1.165, 1.54) is 6.07 Å². The summed E-state index contributed by atoms with van der Waals surface area (Å²) in [5.41, 5.74) is -0.979. The van der Waals surface area contributed by atoms with Gasteiger partial charge in [0.25, 0.3) is 0 Å². The van der Waals surface area contributed by atoms with Gasteiger partial charge in [-0.3, -0.25) is 15.0 Å². The van der Waals surface area contributed by atoms with Crippen LogP contribution in [0.2, 0.25) is 5.02 Å². The van der Waals surface area contributed by atoms with E-state index in [0.717, 1.165) is 17.0 Å². The lowest BCUT2D eigenvalue weighted by Gasteiger charge is -2.30. The van der Waals surface area contributed by atoms with Gasteiger partial charge in [-0.1, -0.05) is 18.5 Å². The minimum atomic E-state index is -4.61. The van der Waals surface area contributed by atoms with Gasteiger partial charge in [-0.05, 0) is 18.2 Å². The van der Waals surface area contributed by atoms with Gasteiger partial charge in [-0.2, -0.15) is 13.2 Å². The quantitative estimate of drug-likeness (QED) is 0.867. The Morgan fingerprint density at radius 2 is 2.00 bits per heavy atom. The third-order valence-electron chi connectivity index (χ3n) is 2.95. The molecule has 3 amide bonds. The van der Waals surface area contributed by atoms with Crippen LogP contribution in [0.1, 0.15) is 12.5 Å². The first-order chi connectivity index (χ1) is 9.20. The fraction of sp³-hybridized carbons (Fsp3) is 0.333. The summed E-state index contributed by atoms with van der Waals surface area (Å²) < 4.78 is 38.3. The number of benzene rings is 1. The SMILES string of the molecule is CC1CN(c2ccc(Cl)c(C(F)(F)F)c2)C(=O)NC1=O. The second-order valence-electron chi connectivity index (χ2n) is 4.47. The Labute approximate surface area is 117 Å². The molecule has 0 aromatic heterocycles. The van der Waals surface area contributed by atoms with Crippen molar-refractivity contribution >= 4 is 29.2 Å². The van der Waals surface area contributed by atoms with Crippen LogP contribution in [0.4, 0.5) is 23.7 Å². The molecular weight excluding hydrogens is 297 g/mol. The Kier molecular flexibility index (Phi) is 3.64. The Morgan fingerprint density at radius 1 is 1.35 bits per heavy atom. The average Bonchev–Trinajstić information content (AvgIpc) is 2.33. The monoisotopic (exact) mass is 306 g/mol. The highest BCUT2D eigenvalue weighted by molar-refractivity contribution is 6.31. The highest BCUT2D eigenvalue weighted by Gasteiger charge is 2.35. The zero-order valence-corrected chi connectivity index (χ0v) is 11.0. The molecule has 0 saturated carbocycles. The number of carbonyl (C=O) groups excluding carboxylic acids is 2. The maximum atomic E-state index is 12.8. The third kappa shape index (κ3) is 2.72. The zero-order chi connectivity index (χ0) is 15.1. The topological polar surface area (TPSA) is 49.4 Å². The number of halogens is 4. The van der Waals surface area contributed by atoms with E-state index in [4.69, 9.17) is 11.6 Å². The molecule has 0 bridgehead atoms. The molecule has 1 atom stereocenters. The second-order valence-corrected chi connectivity index (χ2v) is 4.88. The van der Waals surface area contributed by atoms with Gasteiger partial charge in [-0.25, -0.2) is 4.79 Å². The molecule has 1 fully saturated rings. The van der Waals surface area contributed by atoms with E-state index in [1.807, 2.05) is 0 Å². The summed E-state index contributed by atoms with van der Waals surface area (Å²) in [5, 5.41) is 1.64. The number of amides is 3. The molecule has 1 unspecified atom stereocenters. The van der Waals surface area contributed by atoms with Crippen molar-refractivity contribution in [1.82, 2.24) is 5.32 Å². The Morgan fingerprint density at radius 3 is 2.60 bits per heavy atom. The molecule has 2 rings (SSSR count). The predicted octanol–water partition coefficient (Wildman–Crippen LogP) is 3.05. The minimum Gasteiger partial charge on any atom is -0.293 e. The van der Waals surface area contributed by atoms with Gasteiger partial charge in [0.05, 0.1) is 16.5 Å². The van der Waals surface area contributed by atoms with Crippen molar-refractivity contribution in [3.63, 3.8) is 0 Å². The van der Waals surface area contributed by atoms with Crippen LogP contribution in [0, 0.1) is 5.92 Å². The molecule has 1 aromatic carbocycles. The molecule has 4 nitrogen and oxygen atoms in total. The summed E-state index contributed by atoms with van der Waals surface area (Å²) >= 11 is 5.51. The van der Waals surface area contributed by atoms with E-state index < -0.39 is 34.6 Å². The van der Waals surface area contributed by atoms with Crippen LogP contribution in [0.5, 0.6) is 0 Å². The fourth-order valence-electron chi connectivity index (χ4n) is 1.86. The molecule has 1 aliphatic heterocycles. The maximum absolute atomic E-state index is 12.8. The van der Waals surface area contributed by atoms with Crippen LogP contribution in [-0.4, -0.2) is 18.5 Å². The molecule has 108 valence electrons. The van der Waals surface area contributed by atoms with E-state index in [-0.39, 0.29) is 12.2 Å². The van der Waals surface area contributed by atoms with Gasteiger partial charge in [0, 0.05) is 12.2 Å². The van der Waals surface area contributed by atoms with Crippen molar-refractivity contribution in [1.29, 1.82) is 0 Å². The summed E-state index contributed by atoms with van der Waals surface area (Å²) in [6.07, 6.45) is -4.61. The van der Waals surface area contributed by atoms with Crippen molar-refractivity contribution in [2.24, 2.45) is 5.92 Å². The number of hydrogen-bond acceptors (Lipinski definition) is 2. The smallest absolute Gasteiger partial charge is 0.293 e. The molecule has 8 heteroatoms. The van der Waals surface area contributed by atoms with E-state index in [9.17, 15) is 22.8 Å². The largest absolute Gasteiger partial charge is 0.417 e. The van der Waals surface area contributed by atoms with Gasteiger partial charge in [-0.15, -0.1) is 0 Å². The van der Waals surface area contributed by atoms with E-state index in [1.54, 1.807) is 6.92 Å². The molecule has 1 saturated heterocycles. The maximum Gasteiger partial charge on any atom is 0.417 e. The molecule has 0 spiro atoms. The average molecular weight is 307 g/mol. The first-order valence-corrected chi connectivity index (χ1v) is 6.07. The van der Waals surface area contributed by atoms with Crippen LogP contribution < -0.4 is 10.2 Å². The molecule has 0 aliphatic carbocycles. The second kappa shape index (κ2) is 4.97. The van der Waals surface area contributed by atoms with Crippen LogP contribution in [0.3, 0.4) is 0 Å². The summed E-state index contributed by atoms with van der Waals surface area (Å²) in [6, 6.07) is 2.43. The number of nitrogens with zero attached hydrogens (tertiary/aromatic N) is 1. The predicted molar refractivity (Wildman–Crippen MR) is 66.5 cm³/mol. The number of alkyl halides is 3. The highest BCUT2D eigenvalue weighted by atomic mass is 35.5. The molecule has 1 N–H and O–H groups in total. The van der Waals surface area contributed by atoms with Crippen molar-refractivity contribution in [2.75, 3.05) is 11.4 Å². The number of rotatable bonds is 1. The van der Waals surface area contributed by atoms with Crippen molar-refractivity contribution in [2.45, 2.75) is 13.1 Å². The lowest BCUT2D eigenvalue weighted by atomic mass is 10.1. The number of nitrogens with one attached hydrogen (secondary N) is 1. The van der Waals surface area contributed by atoms with Gasteiger partial charge >= 0.3 is 12.2 Å². The molecule has 1 aliphatic rings. The summed E-state index contributed by atoms with van der Waals surface area (Å²) in [4.78, 5) is 24.1. The van der Waals surface area contributed by atoms with Crippen molar-refractivity contribution < 1.29 is 22.8 Å². The number of anilines is 1. The first-order valence-electron chi connectivity index (χ1n) is 5.69. The number of imide groups is 1. The Bertz CT molecular complexity index is 574. The zero-order valence-electron chi connectivity index (χ0n) is 10.3. The van der Waals surface area contributed by atoms with Crippen LogP contribution in [0.25, 0.3) is 0 Å². The van der Waals surface area contributed by atoms with Crippen molar-refractivity contribution in [3.8, 4) is 0 Å². The van der Waals surface area contributed by atoms with Gasteiger partial charge in [0.15, 0.2) is 0 Å². The number of urea groups is 1. The Balaban J connectivity index is 2.39. The summed E-state index contributed by atoms with van der Waals surface area (Å²) in [5.74, 6) is -0.950. The Hall–Kier alpha value is -1.76. The third-order valence-corrected chi connectivity index (χ3v) is 3.28. The highest BCUT2D eigenvalue weighted by Crippen LogP contribution is 2.37. The number of carbonyl (C=O) groups is 2. The summed E-state index contributed by atoms with van der Waals surface area (Å²) in [6.45, 7) is 1.60. The van der Waals surface area contributed by atoms with Gasteiger partial charge in [0.2, 0.25) is 5.91 Å². The van der Waals surface area contributed by atoms with E-state index in [0.29, 0.717) is 0 Å². The number of hydrogen-bond donors (Lipinski definition) is 1. The molecule has 0 radical (unpaired) electrons. The fourth-order valence-corrected chi connectivity index (χ4v) is 2.08. The molecule has 1 heterocycles. The van der Waals surface area contributed by atoms with Crippen LogP contribution in [-0.2, 0) is 11.0 Å². The minimum absolute atomic E-state index is 0.0175. The van der Waals surface area contributed by atoms with E-state index in [2.05, 4.69) is 5.32 Å². The van der Waals surface area contributed by atoms with Crippen LogP contribution in [0.15, 0.2) is 18.2 Å². The van der Waals surface area contributed by atoms with Gasteiger partial charge in [0.1, 0.15) is 0 Å². The molecule has 20 heavy (non-hydrogen) atoms. The van der Waals surface area contributed by atoms with E-state index >= 15 is 0 Å². The normalized spacial score (nSPS) is 20.1. The first kappa shape index (κ1) is 14.6. The molecule has 1 aromatic rings. The lowest BCUT2D eigenvalue weighted by Crippen LogP contribution is -2.53. The standard InChI is InChI=1S/C12H10ClF3N2O2/c1-6-5-18(11(20)17-10(6)19)7-2-3-9(13)8(4-7)12(14,15)16/h2-4,6H,5H2,1H3,(H,17,19,20). The lowest BCUT2D eigenvalue weighted by molar-refractivity contribution is -0.137. The van der Waals surface area contributed by atoms with Crippen molar-refractivity contribution in [3.05, 3.63) is 28.8 Å². The summed E-state index contributed by atoms with van der Waals surface area (Å²) in [7, 11) is 0. The van der Waals surface area contributed by atoms with Crippen LogP contribution >= 0.6 is 11.6 Å². The van der Waals surface area contributed by atoms with Gasteiger partial charge < -0.3 is 0 Å². The molecular formula is C12H10ClF3N2O2.